The summed E-state index contributed by atoms with van der Waals surface area (Å²) in [4.78, 5) is 35.8. The van der Waals surface area contributed by atoms with E-state index >= 15 is 0 Å². The Morgan fingerprint density at radius 3 is 2.45 bits per heavy atom. The highest BCUT2D eigenvalue weighted by Crippen LogP contribution is 2.21. The molecule has 2 N–H and O–H groups in total. The van der Waals surface area contributed by atoms with Gasteiger partial charge in [-0.15, -0.1) is 0 Å². The molecular formula is C21H26N2O6. The van der Waals surface area contributed by atoms with Crippen LogP contribution in [0.2, 0.25) is 0 Å². The molecule has 2 rings (SSSR count). The van der Waals surface area contributed by atoms with E-state index in [1.165, 1.54) is 12.1 Å². The van der Waals surface area contributed by atoms with E-state index in [1.54, 1.807) is 25.3 Å². The smallest absolute Gasteiger partial charge is 0.344 e. The number of Topliss-reactive ketones (excluding diaryl/α,β-unsaturated/α-hetero) is 1. The van der Waals surface area contributed by atoms with Gasteiger partial charge in [0.25, 0.3) is 5.91 Å². The summed E-state index contributed by atoms with van der Waals surface area (Å²) in [5, 5.41) is 0. The number of aromatic nitrogens is 1. The number of methoxy groups -OCH3 is 1. The Morgan fingerprint density at radius 2 is 1.79 bits per heavy atom. The number of nitrogens with two attached hydrogens (primary N) is 1. The number of amides is 1. The summed E-state index contributed by atoms with van der Waals surface area (Å²) in [7, 11) is 1.63. The first-order valence-electron chi connectivity index (χ1n) is 9.14. The van der Waals surface area contributed by atoms with Gasteiger partial charge in [-0.25, -0.2) is 4.79 Å². The molecule has 8 nitrogen and oxygen atoms in total. The lowest BCUT2D eigenvalue weighted by Gasteiger charge is -2.17. The standard InChI is InChI=1S/C21H26N2O6/c1-13-9-17(15(3)23(13)14(2)10-27-4)18(24)11-29-20(25)12-28-19-8-6-5-7-16(19)21(22)26/h5-9,14H,10-12H2,1-4H3,(H2,22,26)/t14-/m0/s1. The fraction of sp³-hybridized carbons (Fsp3) is 0.381. The average Bonchev–Trinajstić information content (AvgIpc) is 2.99. The first-order valence-corrected chi connectivity index (χ1v) is 9.14. The van der Waals surface area contributed by atoms with Gasteiger partial charge < -0.3 is 24.5 Å². The number of nitrogens with zero attached hydrogens (tertiary/aromatic N) is 1. The van der Waals surface area contributed by atoms with Gasteiger partial charge in [-0.1, -0.05) is 12.1 Å². The summed E-state index contributed by atoms with van der Waals surface area (Å²) >= 11 is 0. The zero-order valence-electron chi connectivity index (χ0n) is 17.1. The summed E-state index contributed by atoms with van der Waals surface area (Å²) in [5.74, 6) is -1.51. The summed E-state index contributed by atoms with van der Waals surface area (Å²) in [6, 6.07) is 8.15. The first-order chi connectivity index (χ1) is 13.8. The van der Waals surface area contributed by atoms with E-state index < -0.39 is 25.1 Å². The third-order valence-electron chi connectivity index (χ3n) is 4.50. The number of benzene rings is 1. The van der Waals surface area contributed by atoms with E-state index in [1.807, 2.05) is 25.3 Å². The Kier molecular flexibility index (Phi) is 7.55. The van der Waals surface area contributed by atoms with Gasteiger partial charge in [0.05, 0.1) is 18.2 Å². The minimum atomic E-state index is -0.723. The van der Waals surface area contributed by atoms with Crippen LogP contribution in [0.5, 0.6) is 5.75 Å². The second-order valence-corrected chi connectivity index (χ2v) is 6.69. The number of hydrogen-bond donors (Lipinski definition) is 1. The number of esters is 1. The Balaban J connectivity index is 1.95. The van der Waals surface area contributed by atoms with Crippen molar-refractivity contribution in [3.8, 4) is 5.75 Å². The van der Waals surface area contributed by atoms with Crippen molar-refractivity contribution < 1.29 is 28.6 Å². The van der Waals surface area contributed by atoms with Crippen LogP contribution in [0.4, 0.5) is 0 Å². The van der Waals surface area contributed by atoms with Gasteiger partial charge in [0, 0.05) is 24.1 Å². The van der Waals surface area contributed by atoms with E-state index in [-0.39, 0.29) is 23.1 Å². The van der Waals surface area contributed by atoms with Gasteiger partial charge in [-0.2, -0.15) is 0 Å². The number of hydrogen-bond acceptors (Lipinski definition) is 6. The molecule has 0 saturated carbocycles. The molecule has 0 aliphatic carbocycles. The quantitative estimate of drug-likeness (QED) is 0.482. The molecule has 8 heteroatoms. The number of carbonyl (C=O) groups excluding carboxylic acids is 3. The van der Waals surface area contributed by atoms with E-state index in [0.717, 1.165) is 11.4 Å². The van der Waals surface area contributed by atoms with Gasteiger partial charge in [0.2, 0.25) is 5.78 Å². The highest BCUT2D eigenvalue weighted by atomic mass is 16.6. The zero-order valence-corrected chi connectivity index (χ0v) is 17.1. The molecule has 29 heavy (non-hydrogen) atoms. The van der Waals surface area contributed by atoms with E-state index in [4.69, 9.17) is 19.9 Å². The second kappa shape index (κ2) is 9.88. The van der Waals surface area contributed by atoms with Crippen molar-refractivity contribution in [3.05, 3.63) is 52.8 Å². The van der Waals surface area contributed by atoms with Crippen molar-refractivity contribution in [2.75, 3.05) is 26.9 Å². The summed E-state index contributed by atoms with van der Waals surface area (Å²) < 4.78 is 17.5. The number of carbonyl (C=O) groups is 3. The zero-order chi connectivity index (χ0) is 21.6. The highest BCUT2D eigenvalue weighted by Gasteiger charge is 2.20. The average molecular weight is 402 g/mol. The van der Waals surface area contributed by atoms with Gasteiger partial charge in [-0.05, 0) is 39.0 Å². The topological polar surface area (TPSA) is 110 Å². The fourth-order valence-corrected chi connectivity index (χ4v) is 3.25. The van der Waals surface area contributed by atoms with Crippen molar-refractivity contribution in [3.63, 3.8) is 0 Å². The van der Waals surface area contributed by atoms with Crippen molar-refractivity contribution >= 4 is 17.7 Å². The molecule has 1 heterocycles. The maximum atomic E-state index is 12.5. The van der Waals surface area contributed by atoms with Gasteiger partial charge in [0.15, 0.2) is 13.2 Å². The van der Waals surface area contributed by atoms with Crippen LogP contribution in [-0.4, -0.2) is 49.2 Å². The highest BCUT2D eigenvalue weighted by molar-refractivity contribution is 5.99. The number of rotatable bonds is 10. The van der Waals surface area contributed by atoms with Crippen LogP contribution in [0.1, 0.15) is 45.1 Å². The molecule has 0 radical (unpaired) electrons. The van der Waals surface area contributed by atoms with E-state index in [9.17, 15) is 14.4 Å². The minimum Gasteiger partial charge on any atom is -0.481 e. The van der Waals surface area contributed by atoms with Crippen molar-refractivity contribution in [1.29, 1.82) is 0 Å². The van der Waals surface area contributed by atoms with Gasteiger partial charge in [0.1, 0.15) is 5.75 Å². The number of aryl methyl sites for hydroxylation is 1. The number of ether oxygens (including phenoxy) is 3. The lowest BCUT2D eigenvalue weighted by Crippen LogP contribution is -2.21. The minimum absolute atomic E-state index is 0.0721. The van der Waals surface area contributed by atoms with Crippen molar-refractivity contribution in [1.82, 2.24) is 4.57 Å². The lowest BCUT2D eigenvalue weighted by molar-refractivity contribution is -0.144. The third-order valence-corrected chi connectivity index (χ3v) is 4.50. The number of para-hydroxylation sites is 1. The molecule has 0 unspecified atom stereocenters. The summed E-state index contributed by atoms with van der Waals surface area (Å²) in [5.41, 5.74) is 7.64. The number of primary amides is 1. The molecule has 0 spiro atoms. The fourth-order valence-electron chi connectivity index (χ4n) is 3.25. The monoisotopic (exact) mass is 402 g/mol. The van der Waals surface area contributed by atoms with Crippen LogP contribution in [0, 0.1) is 13.8 Å². The molecule has 1 aromatic heterocycles. The molecule has 1 amide bonds. The van der Waals surface area contributed by atoms with Crippen LogP contribution >= 0.6 is 0 Å². The molecule has 0 bridgehead atoms. The Labute approximate surface area is 169 Å². The van der Waals surface area contributed by atoms with E-state index in [0.29, 0.717) is 12.2 Å². The Morgan fingerprint density at radius 1 is 1.10 bits per heavy atom. The van der Waals surface area contributed by atoms with Crippen LogP contribution in [0.15, 0.2) is 30.3 Å². The summed E-state index contributed by atoms with van der Waals surface area (Å²) in [6.45, 7) is 5.43. The van der Waals surface area contributed by atoms with Gasteiger partial charge >= 0.3 is 5.97 Å². The van der Waals surface area contributed by atoms with Gasteiger partial charge in [-0.3, -0.25) is 9.59 Å². The van der Waals surface area contributed by atoms with Crippen molar-refractivity contribution in [2.45, 2.75) is 26.8 Å². The first kappa shape index (κ1) is 22.2. The lowest BCUT2D eigenvalue weighted by atomic mass is 10.1. The molecule has 0 fully saturated rings. The van der Waals surface area contributed by atoms with Crippen LogP contribution < -0.4 is 10.5 Å². The predicted octanol–water partition coefficient (Wildman–Crippen LogP) is 2.22. The Bertz CT molecular complexity index is 903. The molecule has 0 aliphatic heterocycles. The molecule has 1 atom stereocenters. The molecule has 0 aliphatic rings. The number of ketones is 1. The second-order valence-electron chi connectivity index (χ2n) is 6.69. The maximum Gasteiger partial charge on any atom is 0.344 e. The molecule has 156 valence electrons. The molecule has 2 aromatic rings. The molecular weight excluding hydrogens is 376 g/mol. The van der Waals surface area contributed by atoms with Crippen molar-refractivity contribution in [2.24, 2.45) is 5.73 Å². The van der Waals surface area contributed by atoms with Crippen LogP contribution in [0.25, 0.3) is 0 Å². The summed E-state index contributed by atoms with van der Waals surface area (Å²) in [6.07, 6.45) is 0. The van der Waals surface area contributed by atoms with Crippen LogP contribution in [0.3, 0.4) is 0 Å². The third kappa shape index (κ3) is 5.45. The maximum absolute atomic E-state index is 12.5. The normalized spacial score (nSPS) is 11.7. The van der Waals surface area contributed by atoms with Crippen LogP contribution in [-0.2, 0) is 14.3 Å². The molecule has 1 aromatic carbocycles. The SMILES string of the molecule is COC[C@H](C)n1c(C)cc(C(=O)COC(=O)COc2ccccc2C(N)=O)c1C. The molecule has 0 saturated heterocycles. The Hall–Kier alpha value is -3.13. The van der Waals surface area contributed by atoms with E-state index in [2.05, 4.69) is 0 Å². The predicted molar refractivity (Wildman–Crippen MR) is 106 cm³/mol. The largest absolute Gasteiger partial charge is 0.481 e.